The molecule has 0 fully saturated rings. The van der Waals surface area contributed by atoms with Crippen LogP contribution in [0.5, 0.6) is 0 Å². The van der Waals surface area contributed by atoms with Crippen molar-refractivity contribution < 1.29 is 0 Å². The van der Waals surface area contributed by atoms with Crippen molar-refractivity contribution >= 4 is 16.3 Å². The Labute approximate surface area is 302 Å². The third-order valence-electron chi connectivity index (χ3n) is 9.51. The Kier molecular flexibility index (Phi) is 8.27. The molecule has 5 heteroatoms. The van der Waals surface area contributed by atoms with Gasteiger partial charge in [0.15, 0.2) is 11.6 Å². The van der Waals surface area contributed by atoms with Crippen LogP contribution >= 0.6 is 0 Å². The molecule has 3 heterocycles. The Morgan fingerprint density at radius 1 is 0.462 bits per heavy atom. The number of rotatable bonds is 7. The van der Waals surface area contributed by atoms with Gasteiger partial charge in [-0.3, -0.25) is 9.97 Å². The first-order valence-corrected chi connectivity index (χ1v) is 17.5. The number of aromatic nitrogens is 5. The lowest BCUT2D eigenvalue weighted by Gasteiger charge is -2.19. The minimum atomic E-state index is 0.0158. The fourth-order valence-corrected chi connectivity index (χ4v) is 6.88. The Morgan fingerprint density at radius 3 is 1.60 bits per heavy atom. The van der Waals surface area contributed by atoms with Crippen molar-refractivity contribution in [3.8, 4) is 56.4 Å². The van der Waals surface area contributed by atoms with Crippen LogP contribution in [0.15, 0.2) is 182 Å². The van der Waals surface area contributed by atoms with Gasteiger partial charge in [0.25, 0.3) is 0 Å². The van der Waals surface area contributed by atoms with E-state index in [4.69, 9.17) is 15.0 Å². The van der Waals surface area contributed by atoms with E-state index in [2.05, 4.69) is 94.9 Å². The van der Waals surface area contributed by atoms with Crippen LogP contribution in [0, 0.1) is 0 Å². The second-order valence-electron chi connectivity index (χ2n) is 12.9. The maximum absolute atomic E-state index is 5.01. The van der Waals surface area contributed by atoms with Crippen LogP contribution in [-0.4, -0.2) is 24.9 Å². The molecule has 0 aliphatic heterocycles. The summed E-state index contributed by atoms with van der Waals surface area (Å²) in [5, 5.41) is 2.40. The lowest BCUT2D eigenvalue weighted by atomic mass is 9.87. The van der Waals surface area contributed by atoms with Crippen LogP contribution in [0.2, 0.25) is 0 Å². The van der Waals surface area contributed by atoms with E-state index in [1.807, 2.05) is 97.3 Å². The molecule has 1 unspecified atom stereocenters. The summed E-state index contributed by atoms with van der Waals surface area (Å²) in [5.41, 5.74) is 10.5. The van der Waals surface area contributed by atoms with Crippen molar-refractivity contribution in [2.75, 3.05) is 0 Å². The maximum Gasteiger partial charge on any atom is 0.163 e. The van der Waals surface area contributed by atoms with Gasteiger partial charge in [0.1, 0.15) is 5.82 Å². The molecule has 5 nitrogen and oxygen atoms in total. The molecule has 0 N–H and O–H groups in total. The number of benzene rings is 5. The molecule has 0 saturated heterocycles. The van der Waals surface area contributed by atoms with Crippen molar-refractivity contribution in [1.29, 1.82) is 0 Å². The Morgan fingerprint density at radius 2 is 1.02 bits per heavy atom. The first-order chi connectivity index (χ1) is 25.7. The molecule has 1 aliphatic carbocycles. The zero-order chi connectivity index (χ0) is 34.7. The van der Waals surface area contributed by atoms with Crippen LogP contribution in [0.25, 0.3) is 72.8 Å². The van der Waals surface area contributed by atoms with E-state index in [0.717, 1.165) is 57.0 Å². The first-order valence-electron chi connectivity index (χ1n) is 17.5. The summed E-state index contributed by atoms with van der Waals surface area (Å²) in [4.78, 5) is 24.3. The molecule has 8 aromatic rings. The van der Waals surface area contributed by atoms with E-state index in [-0.39, 0.29) is 5.92 Å². The van der Waals surface area contributed by atoms with E-state index in [1.165, 1.54) is 21.9 Å². The Bertz CT molecular complexity index is 2470. The summed E-state index contributed by atoms with van der Waals surface area (Å²) in [6.45, 7) is 0. The minimum absolute atomic E-state index is 0.0158. The molecule has 5 aromatic carbocycles. The lowest BCUT2D eigenvalue weighted by Crippen LogP contribution is -2.08. The van der Waals surface area contributed by atoms with E-state index >= 15 is 0 Å². The highest BCUT2D eigenvalue weighted by Gasteiger charge is 2.20. The van der Waals surface area contributed by atoms with Gasteiger partial charge in [-0.2, -0.15) is 0 Å². The van der Waals surface area contributed by atoms with Gasteiger partial charge in [-0.1, -0.05) is 115 Å². The third kappa shape index (κ3) is 6.32. The van der Waals surface area contributed by atoms with E-state index in [1.54, 1.807) is 0 Å². The van der Waals surface area contributed by atoms with Gasteiger partial charge in [-0.05, 0) is 94.1 Å². The van der Waals surface area contributed by atoms with Crippen molar-refractivity contribution in [3.05, 3.63) is 194 Å². The summed E-state index contributed by atoms with van der Waals surface area (Å²) in [6.07, 6.45) is 11.3. The molecule has 246 valence electrons. The highest BCUT2D eigenvalue weighted by Crippen LogP contribution is 2.38. The number of hydrogen-bond donors (Lipinski definition) is 0. The van der Waals surface area contributed by atoms with Gasteiger partial charge >= 0.3 is 0 Å². The number of hydrogen-bond acceptors (Lipinski definition) is 5. The number of fused-ring (bicyclic) bond motifs is 1. The van der Waals surface area contributed by atoms with Crippen LogP contribution in [0.3, 0.4) is 0 Å². The number of nitrogens with zero attached hydrogens (tertiary/aromatic N) is 5. The van der Waals surface area contributed by atoms with Gasteiger partial charge in [0.05, 0.1) is 11.4 Å². The zero-order valence-corrected chi connectivity index (χ0v) is 28.3. The van der Waals surface area contributed by atoms with E-state index in [0.29, 0.717) is 11.6 Å². The SMILES string of the molecule is C1=CC(c2nc(-c3ccccc3)nc(-c3ccccc3)n2)CC=C1c1cc(-c2cc(-c3ccccn3)cc(-c3ccccn3)c2)cc2ccccc12. The molecule has 0 radical (unpaired) electrons. The standard InChI is InChI=1S/C47H33N5/c1-3-13-33(14-4-1)45-50-46(34-15-5-2-6-16-34)52-47(51-45)35-23-21-32(22-24-35)42-31-38(27-36-17-7-8-18-41(36)42)37-28-39(43-19-9-11-25-48-43)30-40(29-37)44-20-10-12-26-49-44/h1-23,25-31,35H,24H2. The lowest BCUT2D eigenvalue weighted by molar-refractivity contribution is 0.766. The molecule has 3 aromatic heterocycles. The first kappa shape index (κ1) is 31.2. The van der Waals surface area contributed by atoms with Crippen LogP contribution < -0.4 is 0 Å². The molecule has 0 amide bonds. The highest BCUT2D eigenvalue weighted by atomic mass is 15.0. The molecule has 52 heavy (non-hydrogen) atoms. The third-order valence-corrected chi connectivity index (χ3v) is 9.51. The van der Waals surface area contributed by atoms with Gasteiger partial charge in [-0.15, -0.1) is 0 Å². The molecule has 1 atom stereocenters. The highest BCUT2D eigenvalue weighted by molar-refractivity contribution is 6.00. The van der Waals surface area contributed by atoms with Crippen molar-refractivity contribution in [2.24, 2.45) is 0 Å². The van der Waals surface area contributed by atoms with Gasteiger partial charge in [0, 0.05) is 40.6 Å². The average molecular weight is 668 g/mol. The van der Waals surface area contributed by atoms with Crippen LogP contribution in [0.4, 0.5) is 0 Å². The molecular formula is C47H33N5. The molecule has 0 bridgehead atoms. The topological polar surface area (TPSA) is 64.5 Å². The smallest absolute Gasteiger partial charge is 0.163 e. The van der Waals surface area contributed by atoms with Crippen molar-refractivity contribution in [1.82, 2.24) is 24.9 Å². The summed E-state index contributed by atoms with van der Waals surface area (Å²) in [6, 6.07) is 52.2. The average Bonchev–Trinajstić information content (AvgIpc) is 3.24. The Hall–Kier alpha value is -6.85. The van der Waals surface area contributed by atoms with Crippen LogP contribution in [-0.2, 0) is 0 Å². The van der Waals surface area contributed by atoms with E-state index < -0.39 is 0 Å². The second kappa shape index (κ2) is 13.8. The quantitative estimate of drug-likeness (QED) is 0.169. The fourth-order valence-electron chi connectivity index (χ4n) is 6.88. The maximum atomic E-state index is 5.01. The predicted molar refractivity (Wildman–Crippen MR) is 211 cm³/mol. The summed E-state index contributed by atoms with van der Waals surface area (Å²) in [5.74, 6) is 2.15. The second-order valence-corrected chi connectivity index (χ2v) is 12.9. The van der Waals surface area contributed by atoms with Crippen molar-refractivity contribution in [3.63, 3.8) is 0 Å². The minimum Gasteiger partial charge on any atom is -0.256 e. The van der Waals surface area contributed by atoms with Gasteiger partial charge < -0.3 is 0 Å². The summed E-state index contributed by atoms with van der Waals surface area (Å²) in [7, 11) is 0. The number of allylic oxidation sites excluding steroid dienone is 4. The fraction of sp³-hybridized carbons (Fsp3) is 0.0426. The monoisotopic (exact) mass is 667 g/mol. The Balaban J connectivity index is 1.11. The van der Waals surface area contributed by atoms with Gasteiger partial charge in [-0.25, -0.2) is 15.0 Å². The largest absolute Gasteiger partial charge is 0.256 e. The van der Waals surface area contributed by atoms with Crippen molar-refractivity contribution in [2.45, 2.75) is 12.3 Å². The van der Waals surface area contributed by atoms with E-state index in [9.17, 15) is 0 Å². The molecule has 9 rings (SSSR count). The molecule has 1 aliphatic rings. The predicted octanol–water partition coefficient (Wildman–Crippen LogP) is 11.3. The molecular weight excluding hydrogens is 635 g/mol. The summed E-state index contributed by atoms with van der Waals surface area (Å²) >= 11 is 0. The number of pyridine rings is 2. The zero-order valence-electron chi connectivity index (χ0n) is 28.3. The van der Waals surface area contributed by atoms with Gasteiger partial charge in [0.2, 0.25) is 0 Å². The molecule has 0 saturated carbocycles. The summed E-state index contributed by atoms with van der Waals surface area (Å²) < 4.78 is 0. The normalized spacial score (nSPS) is 13.9. The molecule has 0 spiro atoms. The van der Waals surface area contributed by atoms with Crippen LogP contribution in [0.1, 0.15) is 23.7 Å².